The Bertz CT molecular complexity index is 402. The summed E-state index contributed by atoms with van der Waals surface area (Å²) in [6, 6.07) is 6.62. The maximum atomic E-state index is 9.63. The number of nitrogens with zero attached hydrogens (tertiary/aromatic N) is 1. The summed E-state index contributed by atoms with van der Waals surface area (Å²) in [6.07, 6.45) is 5.01. The molecule has 86 valence electrons. The zero-order chi connectivity index (χ0) is 11.1. The van der Waals surface area contributed by atoms with Gasteiger partial charge in [-0.3, -0.25) is 0 Å². The molecular formula is C14H19NO. The third-order valence-corrected chi connectivity index (χ3v) is 4.29. The number of aryl methyl sites for hydroxylation is 1. The van der Waals surface area contributed by atoms with E-state index < -0.39 is 0 Å². The van der Waals surface area contributed by atoms with Crippen molar-refractivity contribution in [1.29, 1.82) is 0 Å². The van der Waals surface area contributed by atoms with Crippen molar-refractivity contribution in [2.75, 3.05) is 13.6 Å². The molecule has 1 aromatic rings. The second-order valence-electron chi connectivity index (χ2n) is 5.22. The Morgan fingerprint density at radius 1 is 1.31 bits per heavy atom. The molecular weight excluding hydrogens is 198 g/mol. The van der Waals surface area contributed by atoms with Crippen molar-refractivity contribution in [2.45, 2.75) is 37.6 Å². The van der Waals surface area contributed by atoms with Crippen LogP contribution in [-0.4, -0.2) is 29.6 Å². The Balaban J connectivity index is 2.01. The Morgan fingerprint density at radius 3 is 3.06 bits per heavy atom. The molecule has 3 rings (SSSR count). The van der Waals surface area contributed by atoms with Crippen molar-refractivity contribution >= 4 is 0 Å². The van der Waals surface area contributed by atoms with Crippen LogP contribution in [0.5, 0.6) is 5.75 Å². The van der Waals surface area contributed by atoms with Crippen LogP contribution >= 0.6 is 0 Å². The number of rotatable bonds is 0. The van der Waals surface area contributed by atoms with Gasteiger partial charge in [-0.05, 0) is 68.5 Å². The summed E-state index contributed by atoms with van der Waals surface area (Å²) < 4.78 is 0. The molecule has 0 spiro atoms. The minimum absolute atomic E-state index is 0.424. The summed E-state index contributed by atoms with van der Waals surface area (Å²) >= 11 is 0. The summed E-state index contributed by atoms with van der Waals surface area (Å²) in [5, 5.41) is 9.63. The molecule has 1 aliphatic carbocycles. The van der Waals surface area contributed by atoms with E-state index in [0.717, 1.165) is 0 Å². The fourth-order valence-corrected chi connectivity index (χ4v) is 3.47. The van der Waals surface area contributed by atoms with Crippen LogP contribution in [0.4, 0.5) is 0 Å². The predicted molar refractivity (Wildman–Crippen MR) is 64.8 cm³/mol. The maximum absolute atomic E-state index is 9.63. The number of aromatic hydroxyl groups is 1. The van der Waals surface area contributed by atoms with Crippen molar-refractivity contribution < 1.29 is 5.11 Å². The van der Waals surface area contributed by atoms with Crippen LogP contribution in [0.3, 0.4) is 0 Å². The van der Waals surface area contributed by atoms with Crippen LogP contribution in [0.1, 0.15) is 36.3 Å². The monoisotopic (exact) mass is 217 g/mol. The molecule has 2 atom stereocenters. The lowest BCUT2D eigenvalue weighted by Crippen LogP contribution is -2.43. The van der Waals surface area contributed by atoms with Crippen molar-refractivity contribution in [3.8, 4) is 5.75 Å². The van der Waals surface area contributed by atoms with Crippen molar-refractivity contribution in [1.82, 2.24) is 4.90 Å². The summed E-state index contributed by atoms with van der Waals surface area (Å²) in [5.74, 6) is 1.07. The lowest BCUT2D eigenvalue weighted by Gasteiger charge is -2.43. The van der Waals surface area contributed by atoms with E-state index in [4.69, 9.17) is 0 Å². The first-order chi connectivity index (χ1) is 7.75. The molecule has 1 fully saturated rings. The molecule has 0 radical (unpaired) electrons. The van der Waals surface area contributed by atoms with E-state index in [-0.39, 0.29) is 0 Å². The SMILES string of the molecule is CN1CCC[C@@H]2c3cc(O)ccc3CC[C@H]21. The van der Waals surface area contributed by atoms with Crippen LogP contribution in [0.15, 0.2) is 18.2 Å². The highest BCUT2D eigenvalue weighted by Gasteiger charge is 2.34. The summed E-state index contributed by atoms with van der Waals surface area (Å²) in [4.78, 5) is 2.50. The Hall–Kier alpha value is -1.02. The van der Waals surface area contributed by atoms with Crippen molar-refractivity contribution in [2.24, 2.45) is 0 Å². The van der Waals surface area contributed by atoms with Gasteiger partial charge < -0.3 is 10.0 Å². The van der Waals surface area contributed by atoms with Crippen LogP contribution in [0.2, 0.25) is 0 Å². The van der Waals surface area contributed by atoms with Gasteiger partial charge in [0.05, 0.1) is 0 Å². The van der Waals surface area contributed by atoms with Crippen molar-refractivity contribution in [3.63, 3.8) is 0 Å². The van der Waals surface area contributed by atoms with E-state index in [0.29, 0.717) is 17.7 Å². The van der Waals surface area contributed by atoms with Gasteiger partial charge in [-0.2, -0.15) is 0 Å². The van der Waals surface area contributed by atoms with Crippen LogP contribution in [-0.2, 0) is 6.42 Å². The Kier molecular flexibility index (Phi) is 2.40. The first-order valence-corrected chi connectivity index (χ1v) is 6.28. The molecule has 1 saturated heterocycles. The average molecular weight is 217 g/mol. The summed E-state index contributed by atoms with van der Waals surface area (Å²) in [5.41, 5.74) is 2.86. The van der Waals surface area contributed by atoms with Gasteiger partial charge in [-0.25, -0.2) is 0 Å². The minimum Gasteiger partial charge on any atom is -0.508 e. The van der Waals surface area contributed by atoms with Crippen LogP contribution in [0.25, 0.3) is 0 Å². The quantitative estimate of drug-likeness (QED) is 0.722. The lowest BCUT2D eigenvalue weighted by atomic mass is 9.74. The topological polar surface area (TPSA) is 23.5 Å². The Morgan fingerprint density at radius 2 is 2.19 bits per heavy atom. The number of fused-ring (bicyclic) bond motifs is 3. The summed E-state index contributed by atoms with van der Waals surface area (Å²) in [7, 11) is 2.24. The predicted octanol–water partition coefficient (Wildman–Crippen LogP) is 2.52. The number of hydrogen-bond acceptors (Lipinski definition) is 2. The number of likely N-dealkylation sites (tertiary alicyclic amines) is 1. The number of likely N-dealkylation sites (N-methyl/N-ethyl adjacent to an activating group) is 1. The molecule has 1 aromatic carbocycles. The van der Waals surface area contributed by atoms with Crippen LogP contribution in [0, 0.1) is 0 Å². The van der Waals surface area contributed by atoms with E-state index in [2.05, 4.69) is 18.0 Å². The van der Waals surface area contributed by atoms with E-state index in [1.54, 1.807) is 0 Å². The Labute approximate surface area is 96.9 Å². The van der Waals surface area contributed by atoms with E-state index in [1.165, 1.54) is 43.4 Å². The molecule has 16 heavy (non-hydrogen) atoms. The molecule has 0 amide bonds. The highest BCUT2D eigenvalue weighted by atomic mass is 16.3. The number of benzene rings is 1. The van der Waals surface area contributed by atoms with Gasteiger partial charge in [0.2, 0.25) is 0 Å². The molecule has 1 heterocycles. The molecule has 1 N–H and O–H groups in total. The summed E-state index contributed by atoms with van der Waals surface area (Å²) in [6.45, 7) is 1.23. The van der Waals surface area contributed by atoms with Gasteiger partial charge in [0.15, 0.2) is 0 Å². The first kappa shape index (κ1) is 10.2. The molecule has 0 unspecified atom stereocenters. The van der Waals surface area contributed by atoms with Gasteiger partial charge in [-0.1, -0.05) is 6.07 Å². The lowest BCUT2D eigenvalue weighted by molar-refractivity contribution is 0.143. The van der Waals surface area contributed by atoms with Gasteiger partial charge >= 0.3 is 0 Å². The second-order valence-corrected chi connectivity index (χ2v) is 5.22. The maximum Gasteiger partial charge on any atom is 0.115 e. The van der Waals surface area contributed by atoms with Gasteiger partial charge in [0, 0.05) is 6.04 Å². The zero-order valence-electron chi connectivity index (χ0n) is 9.82. The van der Waals surface area contributed by atoms with Crippen molar-refractivity contribution in [3.05, 3.63) is 29.3 Å². The molecule has 0 aromatic heterocycles. The molecule has 2 heteroatoms. The molecule has 0 saturated carbocycles. The van der Waals surface area contributed by atoms with E-state index in [9.17, 15) is 5.11 Å². The van der Waals surface area contributed by atoms with Gasteiger partial charge in [0.25, 0.3) is 0 Å². The molecule has 1 aliphatic heterocycles. The van der Waals surface area contributed by atoms with E-state index >= 15 is 0 Å². The van der Waals surface area contributed by atoms with Gasteiger partial charge in [0.1, 0.15) is 5.75 Å². The second kappa shape index (κ2) is 3.77. The third-order valence-electron chi connectivity index (χ3n) is 4.29. The third kappa shape index (κ3) is 1.52. The molecule has 2 aliphatic rings. The largest absolute Gasteiger partial charge is 0.508 e. The zero-order valence-corrected chi connectivity index (χ0v) is 9.82. The van der Waals surface area contributed by atoms with Gasteiger partial charge in [-0.15, -0.1) is 0 Å². The van der Waals surface area contributed by atoms with E-state index in [1.807, 2.05) is 12.1 Å². The van der Waals surface area contributed by atoms with Crippen LogP contribution < -0.4 is 0 Å². The highest BCUT2D eigenvalue weighted by molar-refractivity contribution is 5.40. The minimum atomic E-state index is 0.424. The number of phenolic OH excluding ortho intramolecular Hbond substituents is 1. The number of phenols is 1. The fraction of sp³-hybridized carbons (Fsp3) is 0.571. The molecule has 0 bridgehead atoms. The molecule has 2 nitrogen and oxygen atoms in total. The average Bonchev–Trinajstić information content (AvgIpc) is 2.29. The highest BCUT2D eigenvalue weighted by Crippen LogP contribution is 2.41. The smallest absolute Gasteiger partial charge is 0.115 e. The first-order valence-electron chi connectivity index (χ1n) is 6.28. The number of piperidine rings is 1. The number of hydrogen-bond donors (Lipinski definition) is 1. The standard InChI is InChI=1S/C14H19NO/c1-15-8-2-3-12-13-9-11(16)6-4-10(13)5-7-14(12)15/h4,6,9,12,14,16H,2-3,5,7-8H2,1H3/t12-,14-/m1/s1. The fourth-order valence-electron chi connectivity index (χ4n) is 3.47. The normalized spacial score (nSPS) is 29.6.